The van der Waals surface area contributed by atoms with Crippen LogP contribution in [0.2, 0.25) is 0 Å². The molecule has 2 rings (SSSR count). The van der Waals surface area contributed by atoms with E-state index < -0.39 is 0 Å². The van der Waals surface area contributed by atoms with E-state index in [0.29, 0.717) is 23.1 Å². The SMILES string of the molecule is CCc1ccc(COc2cc(OC)cc(C(N)=S)c2)cc1. The van der Waals surface area contributed by atoms with Gasteiger partial charge in [0.05, 0.1) is 7.11 Å². The Morgan fingerprint density at radius 1 is 1.05 bits per heavy atom. The molecule has 2 aromatic carbocycles. The number of hydrogen-bond donors (Lipinski definition) is 1. The van der Waals surface area contributed by atoms with Crippen molar-refractivity contribution in [2.24, 2.45) is 5.73 Å². The average Bonchev–Trinajstić information content (AvgIpc) is 2.53. The molecule has 0 bridgehead atoms. The third-order valence-electron chi connectivity index (χ3n) is 3.24. The normalized spacial score (nSPS) is 10.2. The van der Waals surface area contributed by atoms with Crippen molar-refractivity contribution >= 4 is 17.2 Å². The molecule has 21 heavy (non-hydrogen) atoms. The van der Waals surface area contributed by atoms with Gasteiger partial charge in [0, 0.05) is 11.6 Å². The first-order valence-electron chi connectivity index (χ1n) is 6.82. The number of aryl methyl sites for hydroxylation is 1. The summed E-state index contributed by atoms with van der Waals surface area (Å²) in [4.78, 5) is 0.325. The summed E-state index contributed by atoms with van der Waals surface area (Å²) in [5, 5.41) is 0. The highest BCUT2D eigenvalue weighted by Gasteiger charge is 2.05. The zero-order valence-electron chi connectivity index (χ0n) is 12.3. The molecule has 0 saturated heterocycles. The second-order valence-corrected chi connectivity index (χ2v) is 5.16. The fourth-order valence-electron chi connectivity index (χ4n) is 1.95. The summed E-state index contributed by atoms with van der Waals surface area (Å²) in [5.74, 6) is 1.37. The van der Waals surface area contributed by atoms with Gasteiger partial charge in [0.15, 0.2) is 0 Å². The van der Waals surface area contributed by atoms with Crippen molar-refractivity contribution in [3.8, 4) is 11.5 Å². The maximum absolute atomic E-state index is 5.80. The molecule has 110 valence electrons. The Kier molecular flexibility index (Phi) is 5.17. The largest absolute Gasteiger partial charge is 0.497 e. The Morgan fingerprint density at radius 2 is 1.67 bits per heavy atom. The molecule has 3 nitrogen and oxygen atoms in total. The molecular weight excluding hydrogens is 282 g/mol. The molecule has 4 heteroatoms. The van der Waals surface area contributed by atoms with Crippen LogP contribution in [0.1, 0.15) is 23.6 Å². The lowest BCUT2D eigenvalue weighted by Crippen LogP contribution is -2.09. The fourth-order valence-corrected chi connectivity index (χ4v) is 2.07. The minimum Gasteiger partial charge on any atom is -0.497 e. The molecular formula is C17H19NO2S. The van der Waals surface area contributed by atoms with Crippen molar-refractivity contribution < 1.29 is 9.47 Å². The highest BCUT2D eigenvalue weighted by Crippen LogP contribution is 2.23. The van der Waals surface area contributed by atoms with Crippen LogP contribution < -0.4 is 15.2 Å². The molecule has 0 spiro atoms. The Labute approximate surface area is 130 Å². The Hall–Kier alpha value is -2.07. The van der Waals surface area contributed by atoms with Gasteiger partial charge in [-0.2, -0.15) is 0 Å². The topological polar surface area (TPSA) is 44.5 Å². The highest BCUT2D eigenvalue weighted by molar-refractivity contribution is 7.80. The van der Waals surface area contributed by atoms with E-state index in [2.05, 4.69) is 31.2 Å². The lowest BCUT2D eigenvalue weighted by Gasteiger charge is -2.10. The number of thiocarbonyl (C=S) groups is 1. The van der Waals surface area contributed by atoms with E-state index in [1.807, 2.05) is 12.1 Å². The third-order valence-corrected chi connectivity index (χ3v) is 3.47. The lowest BCUT2D eigenvalue weighted by atomic mass is 10.1. The summed E-state index contributed by atoms with van der Waals surface area (Å²) in [7, 11) is 1.60. The van der Waals surface area contributed by atoms with Gasteiger partial charge in [-0.25, -0.2) is 0 Å². The summed E-state index contributed by atoms with van der Waals surface area (Å²) >= 11 is 5.00. The predicted molar refractivity (Wildman–Crippen MR) is 89.0 cm³/mol. The van der Waals surface area contributed by atoms with Crippen LogP contribution in [-0.4, -0.2) is 12.1 Å². The van der Waals surface area contributed by atoms with Gasteiger partial charge >= 0.3 is 0 Å². The van der Waals surface area contributed by atoms with Gasteiger partial charge in [0.2, 0.25) is 0 Å². The van der Waals surface area contributed by atoms with Gasteiger partial charge in [0.25, 0.3) is 0 Å². The van der Waals surface area contributed by atoms with Gasteiger partial charge in [-0.3, -0.25) is 0 Å². The Balaban J connectivity index is 2.11. The van der Waals surface area contributed by atoms with Crippen LogP contribution in [0.15, 0.2) is 42.5 Å². The first-order chi connectivity index (χ1) is 10.1. The lowest BCUT2D eigenvalue weighted by molar-refractivity contribution is 0.303. The van der Waals surface area contributed by atoms with Crippen LogP contribution in [0.3, 0.4) is 0 Å². The standard InChI is InChI=1S/C17H19NO2S/c1-3-12-4-6-13(7-5-12)11-20-16-9-14(17(18)21)8-15(10-16)19-2/h4-10H,3,11H2,1-2H3,(H2,18,21). The van der Waals surface area contributed by atoms with Gasteiger partial charge in [-0.05, 0) is 29.7 Å². The number of ether oxygens (including phenoxy) is 2. The van der Waals surface area contributed by atoms with E-state index in [1.165, 1.54) is 5.56 Å². The Morgan fingerprint density at radius 3 is 2.24 bits per heavy atom. The molecule has 0 aliphatic heterocycles. The quantitative estimate of drug-likeness (QED) is 0.830. The fraction of sp³-hybridized carbons (Fsp3) is 0.235. The molecule has 0 atom stereocenters. The molecule has 0 fully saturated rings. The van der Waals surface area contributed by atoms with Gasteiger partial charge in [-0.1, -0.05) is 43.4 Å². The molecule has 0 radical (unpaired) electrons. The maximum atomic E-state index is 5.80. The van der Waals surface area contributed by atoms with Crippen molar-refractivity contribution in [2.75, 3.05) is 7.11 Å². The van der Waals surface area contributed by atoms with E-state index in [0.717, 1.165) is 17.5 Å². The Bertz CT molecular complexity index is 623. The second kappa shape index (κ2) is 7.09. The predicted octanol–water partition coefficient (Wildman–Crippen LogP) is 3.47. The zero-order valence-corrected chi connectivity index (χ0v) is 13.1. The molecule has 0 amide bonds. The van der Waals surface area contributed by atoms with Crippen molar-refractivity contribution in [3.63, 3.8) is 0 Å². The van der Waals surface area contributed by atoms with Crippen molar-refractivity contribution in [2.45, 2.75) is 20.0 Å². The first-order valence-corrected chi connectivity index (χ1v) is 7.22. The van der Waals surface area contributed by atoms with Gasteiger partial charge in [0.1, 0.15) is 23.1 Å². The van der Waals surface area contributed by atoms with Crippen molar-refractivity contribution in [1.82, 2.24) is 0 Å². The van der Waals surface area contributed by atoms with Crippen LogP contribution in [0.5, 0.6) is 11.5 Å². The van der Waals surface area contributed by atoms with E-state index in [-0.39, 0.29) is 0 Å². The van der Waals surface area contributed by atoms with E-state index >= 15 is 0 Å². The molecule has 0 aromatic heterocycles. The summed E-state index contributed by atoms with van der Waals surface area (Å²) in [6, 6.07) is 13.8. The van der Waals surface area contributed by atoms with Gasteiger partial charge in [-0.15, -0.1) is 0 Å². The second-order valence-electron chi connectivity index (χ2n) is 4.72. The highest BCUT2D eigenvalue weighted by atomic mass is 32.1. The monoisotopic (exact) mass is 301 g/mol. The first kappa shape index (κ1) is 15.3. The zero-order chi connectivity index (χ0) is 15.2. The molecule has 0 unspecified atom stereocenters. The maximum Gasteiger partial charge on any atom is 0.124 e. The minimum atomic E-state index is 0.325. The molecule has 0 heterocycles. The van der Waals surface area contributed by atoms with E-state index in [9.17, 15) is 0 Å². The third kappa shape index (κ3) is 4.20. The van der Waals surface area contributed by atoms with Crippen molar-refractivity contribution in [1.29, 1.82) is 0 Å². The van der Waals surface area contributed by atoms with Crippen molar-refractivity contribution in [3.05, 3.63) is 59.2 Å². The molecule has 0 aliphatic carbocycles. The summed E-state index contributed by atoms with van der Waals surface area (Å²) in [6.07, 6.45) is 1.04. The molecule has 2 N–H and O–H groups in total. The van der Waals surface area contributed by atoms with Crippen LogP contribution in [-0.2, 0) is 13.0 Å². The van der Waals surface area contributed by atoms with E-state index in [1.54, 1.807) is 13.2 Å². The summed E-state index contributed by atoms with van der Waals surface area (Å²) in [5.41, 5.74) is 8.84. The molecule has 0 saturated carbocycles. The number of benzene rings is 2. The van der Waals surface area contributed by atoms with Crippen LogP contribution in [0.4, 0.5) is 0 Å². The summed E-state index contributed by atoms with van der Waals surface area (Å²) in [6.45, 7) is 2.63. The molecule has 0 aliphatic rings. The number of hydrogen-bond acceptors (Lipinski definition) is 3. The van der Waals surface area contributed by atoms with Crippen LogP contribution in [0, 0.1) is 0 Å². The molecule has 2 aromatic rings. The van der Waals surface area contributed by atoms with Crippen LogP contribution in [0.25, 0.3) is 0 Å². The smallest absolute Gasteiger partial charge is 0.124 e. The number of rotatable bonds is 6. The number of nitrogens with two attached hydrogens (primary N) is 1. The van der Waals surface area contributed by atoms with Gasteiger partial charge < -0.3 is 15.2 Å². The number of methoxy groups -OCH3 is 1. The average molecular weight is 301 g/mol. The van der Waals surface area contributed by atoms with E-state index in [4.69, 9.17) is 27.4 Å². The van der Waals surface area contributed by atoms with Crippen LogP contribution >= 0.6 is 12.2 Å². The minimum absolute atomic E-state index is 0.325. The summed E-state index contributed by atoms with van der Waals surface area (Å²) < 4.78 is 11.0.